The maximum Gasteiger partial charge on any atom is 0.307 e. The molecule has 0 bridgehead atoms. The molecule has 0 amide bonds. The molecule has 0 saturated heterocycles. The normalized spacial score (nSPS) is 23.4. The first-order chi connectivity index (χ1) is 9.65. The lowest BCUT2D eigenvalue weighted by molar-refractivity contribution is -0.136. The fourth-order valence-electron chi connectivity index (χ4n) is 2.46. The van der Waals surface area contributed by atoms with E-state index in [9.17, 15) is 9.59 Å². The zero-order valence-corrected chi connectivity index (χ0v) is 10.6. The summed E-state index contributed by atoms with van der Waals surface area (Å²) < 4.78 is 5.56. The summed E-state index contributed by atoms with van der Waals surface area (Å²) in [4.78, 5) is 22.9. The standard InChI is InChI=1S/C16H12O4/c17-13-3-1-2-11-6-7-20-14-5-4-10(9-15(18)19)8-12(14)16(11)13/h1-8,14H,9H2,(H,18,19). The summed E-state index contributed by atoms with van der Waals surface area (Å²) in [7, 11) is 0. The molecule has 3 aliphatic rings. The zero-order chi connectivity index (χ0) is 14.1. The van der Waals surface area contributed by atoms with E-state index in [1.54, 1.807) is 36.6 Å². The first-order valence-electron chi connectivity index (χ1n) is 6.25. The van der Waals surface area contributed by atoms with Crippen LogP contribution in [0.4, 0.5) is 0 Å². The number of carbonyl (C=O) groups excluding carboxylic acids is 1. The summed E-state index contributed by atoms with van der Waals surface area (Å²) in [6.45, 7) is 0. The van der Waals surface area contributed by atoms with E-state index in [1.165, 1.54) is 6.08 Å². The molecule has 2 aliphatic carbocycles. The van der Waals surface area contributed by atoms with Crippen LogP contribution in [0.3, 0.4) is 0 Å². The number of aliphatic carboxylic acids is 1. The van der Waals surface area contributed by atoms with E-state index in [-0.39, 0.29) is 18.3 Å². The van der Waals surface area contributed by atoms with Gasteiger partial charge >= 0.3 is 5.97 Å². The van der Waals surface area contributed by atoms with Gasteiger partial charge in [-0.2, -0.15) is 0 Å². The van der Waals surface area contributed by atoms with Crippen LogP contribution in [0, 0.1) is 0 Å². The molecule has 20 heavy (non-hydrogen) atoms. The lowest BCUT2D eigenvalue weighted by atomic mass is 9.86. The van der Waals surface area contributed by atoms with Gasteiger partial charge in [0.15, 0.2) is 5.78 Å². The van der Waals surface area contributed by atoms with E-state index in [0.717, 1.165) is 5.57 Å². The highest BCUT2D eigenvalue weighted by Gasteiger charge is 2.26. The molecule has 0 saturated carbocycles. The Kier molecular flexibility index (Phi) is 2.99. The van der Waals surface area contributed by atoms with Crippen LogP contribution in [0.1, 0.15) is 6.42 Å². The average molecular weight is 268 g/mol. The molecule has 0 fully saturated rings. The van der Waals surface area contributed by atoms with Crippen molar-refractivity contribution in [3.05, 3.63) is 71.1 Å². The smallest absolute Gasteiger partial charge is 0.307 e. The van der Waals surface area contributed by atoms with Crippen LogP contribution in [-0.4, -0.2) is 23.0 Å². The van der Waals surface area contributed by atoms with Gasteiger partial charge in [-0.1, -0.05) is 24.3 Å². The zero-order valence-electron chi connectivity index (χ0n) is 10.6. The third kappa shape index (κ3) is 2.16. The van der Waals surface area contributed by atoms with Crippen molar-refractivity contribution >= 4 is 11.8 Å². The van der Waals surface area contributed by atoms with Gasteiger partial charge in [-0.3, -0.25) is 9.59 Å². The Morgan fingerprint density at radius 1 is 1.30 bits per heavy atom. The van der Waals surface area contributed by atoms with Crippen molar-refractivity contribution in [1.82, 2.24) is 0 Å². The van der Waals surface area contributed by atoms with Crippen molar-refractivity contribution in [1.29, 1.82) is 0 Å². The molecule has 100 valence electrons. The molecule has 4 nitrogen and oxygen atoms in total. The molecule has 0 spiro atoms. The Labute approximate surface area is 115 Å². The Hall–Kier alpha value is -2.62. The third-order valence-electron chi connectivity index (χ3n) is 3.31. The van der Waals surface area contributed by atoms with Crippen LogP contribution in [0.5, 0.6) is 0 Å². The number of carbonyl (C=O) groups is 2. The molecule has 0 aromatic rings. The van der Waals surface area contributed by atoms with E-state index < -0.39 is 5.97 Å². The topological polar surface area (TPSA) is 63.6 Å². The van der Waals surface area contributed by atoms with Crippen LogP contribution in [-0.2, 0) is 14.3 Å². The van der Waals surface area contributed by atoms with E-state index >= 15 is 0 Å². The molecule has 4 heteroatoms. The van der Waals surface area contributed by atoms with Gasteiger partial charge < -0.3 is 9.84 Å². The van der Waals surface area contributed by atoms with Gasteiger partial charge in [-0.15, -0.1) is 0 Å². The molecule has 1 atom stereocenters. The van der Waals surface area contributed by atoms with Gasteiger partial charge in [0.25, 0.3) is 0 Å². The molecule has 1 aliphatic heterocycles. The van der Waals surface area contributed by atoms with Crippen molar-refractivity contribution in [3.63, 3.8) is 0 Å². The second kappa shape index (κ2) is 4.81. The molecular formula is C16H12O4. The van der Waals surface area contributed by atoms with E-state index in [0.29, 0.717) is 16.7 Å². The van der Waals surface area contributed by atoms with Crippen molar-refractivity contribution in [2.24, 2.45) is 0 Å². The van der Waals surface area contributed by atoms with Gasteiger partial charge in [-0.05, 0) is 29.4 Å². The number of carboxylic acid groups (broad SMARTS) is 1. The van der Waals surface area contributed by atoms with Crippen molar-refractivity contribution in [2.45, 2.75) is 12.5 Å². The first-order valence-corrected chi connectivity index (χ1v) is 6.25. The fourth-order valence-corrected chi connectivity index (χ4v) is 2.46. The Bertz CT molecular complexity index is 669. The minimum atomic E-state index is -0.900. The number of allylic oxidation sites excluding steroid dienone is 7. The first kappa shape index (κ1) is 12.4. The van der Waals surface area contributed by atoms with Crippen LogP contribution in [0.2, 0.25) is 0 Å². The Morgan fingerprint density at radius 3 is 2.95 bits per heavy atom. The Balaban J connectivity index is 2.11. The number of rotatable bonds is 2. The molecular weight excluding hydrogens is 256 g/mol. The molecule has 1 N–H and O–H groups in total. The molecule has 0 aromatic heterocycles. The lowest BCUT2D eigenvalue weighted by Crippen LogP contribution is -2.17. The van der Waals surface area contributed by atoms with Crippen LogP contribution >= 0.6 is 0 Å². The highest BCUT2D eigenvalue weighted by molar-refractivity contribution is 6.10. The van der Waals surface area contributed by atoms with Crippen molar-refractivity contribution in [3.8, 4) is 0 Å². The summed E-state index contributed by atoms with van der Waals surface area (Å²) in [5.41, 5.74) is 2.74. The average Bonchev–Trinajstić information content (AvgIpc) is 2.58. The lowest BCUT2D eigenvalue weighted by Gasteiger charge is -2.20. The van der Waals surface area contributed by atoms with Crippen molar-refractivity contribution < 1.29 is 19.4 Å². The van der Waals surface area contributed by atoms with E-state index in [1.807, 2.05) is 6.08 Å². The number of hydrogen-bond donors (Lipinski definition) is 1. The largest absolute Gasteiger partial charge is 0.489 e. The molecule has 3 rings (SSSR count). The summed E-state index contributed by atoms with van der Waals surface area (Å²) >= 11 is 0. The second-order valence-electron chi connectivity index (χ2n) is 4.68. The summed E-state index contributed by atoms with van der Waals surface area (Å²) in [5, 5.41) is 8.88. The quantitative estimate of drug-likeness (QED) is 0.834. The molecule has 0 aromatic carbocycles. The minimum absolute atomic E-state index is 0.0729. The van der Waals surface area contributed by atoms with Gasteiger partial charge in [0.1, 0.15) is 6.10 Å². The van der Waals surface area contributed by atoms with Gasteiger partial charge in [-0.25, -0.2) is 0 Å². The number of fused-ring (bicyclic) bond motifs is 2. The second-order valence-corrected chi connectivity index (χ2v) is 4.68. The molecule has 0 radical (unpaired) electrons. The fraction of sp³-hybridized carbons (Fsp3) is 0.125. The summed E-state index contributed by atoms with van der Waals surface area (Å²) in [6, 6.07) is 0. The van der Waals surface area contributed by atoms with Gasteiger partial charge in [0.05, 0.1) is 12.7 Å². The number of hydrogen-bond acceptors (Lipinski definition) is 3. The summed E-state index contributed by atoms with van der Waals surface area (Å²) in [5.74, 6) is -0.984. The summed E-state index contributed by atoms with van der Waals surface area (Å²) in [6.07, 6.45) is 13.2. The predicted molar refractivity (Wildman–Crippen MR) is 72.7 cm³/mol. The number of ether oxygens (including phenoxy) is 1. The van der Waals surface area contributed by atoms with E-state index in [4.69, 9.17) is 9.84 Å². The number of ketones is 1. The highest BCUT2D eigenvalue weighted by atomic mass is 16.5. The van der Waals surface area contributed by atoms with Crippen LogP contribution < -0.4 is 0 Å². The monoisotopic (exact) mass is 268 g/mol. The SMILES string of the molecule is O=C(O)CC1=CC2=C3C(=O)C=CC=C3C=COC2C=C1. The third-order valence-corrected chi connectivity index (χ3v) is 3.31. The van der Waals surface area contributed by atoms with Crippen molar-refractivity contribution in [2.75, 3.05) is 0 Å². The van der Waals surface area contributed by atoms with Gasteiger partial charge in [0.2, 0.25) is 0 Å². The predicted octanol–water partition coefficient (Wildman–Crippen LogP) is 2.23. The van der Waals surface area contributed by atoms with E-state index in [2.05, 4.69) is 0 Å². The molecule has 1 heterocycles. The minimum Gasteiger partial charge on any atom is -0.489 e. The van der Waals surface area contributed by atoms with Gasteiger partial charge in [0, 0.05) is 11.1 Å². The Morgan fingerprint density at radius 2 is 2.15 bits per heavy atom. The van der Waals surface area contributed by atoms with Crippen LogP contribution in [0.15, 0.2) is 71.1 Å². The highest BCUT2D eigenvalue weighted by Crippen LogP contribution is 2.32. The maximum atomic E-state index is 12.1. The van der Waals surface area contributed by atoms with Crippen LogP contribution in [0.25, 0.3) is 0 Å². The number of carboxylic acids is 1. The maximum absolute atomic E-state index is 12.1. The molecule has 1 unspecified atom stereocenters.